The Bertz CT molecular complexity index is 2740. The lowest BCUT2D eigenvalue weighted by atomic mass is 9.90. The zero-order chi connectivity index (χ0) is 50.2. The zero-order valence-electron chi connectivity index (χ0n) is 39.9. The van der Waals surface area contributed by atoms with E-state index < -0.39 is 18.2 Å². The predicted molar refractivity (Wildman–Crippen MR) is 312 cm³/mol. The first-order valence-corrected chi connectivity index (χ1v) is 23.0. The summed E-state index contributed by atoms with van der Waals surface area (Å²) < 4.78 is 17.6. The molecule has 1 aromatic heterocycles. The van der Waals surface area contributed by atoms with Crippen LogP contribution in [0.2, 0.25) is 0 Å². The van der Waals surface area contributed by atoms with Crippen LogP contribution in [0.25, 0.3) is 41.3 Å². The molecule has 2 heterocycles. The molecule has 1 aliphatic rings. The number of ether oxygens (including phenoxy) is 2. The number of carboxylic acid groups (broad SMARTS) is 1. The minimum atomic E-state index is -0.922. The molecule has 0 saturated carbocycles. The molecule has 0 unspecified atom stereocenters. The molecule has 6 aromatic carbocycles. The summed E-state index contributed by atoms with van der Waals surface area (Å²) in [5.74, 6) is -0.450. The van der Waals surface area contributed by atoms with Gasteiger partial charge in [0.05, 0.1) is 13.2 Å². The summed E-state index contributed by atoms with van der Waals surface area (Å²) in [6.45, 7) is 6.38. The van der Waals surface area contributed by atoms with Crippen molar-refractivity contribution < 1.29 is 38.8 Å². The first-order valence-electron chi connectivity index (χ1n) is 23.0. The second-order valence-corrected chi connectivity index (χ2v) is 16.0. The van der Waals surface area contributed by atoms with E-state index in [0.717, 1.165) is 57.9 Å². The van der Waals surface area contributed by atoms with Gasteiger partial charge in [-0.3, -0.25) is 4.79 Å². The fourth-order valence-electron chi connectivity index (χ4n) is 6.48. The first kappa shape index (κ1) is 66.0. The standard InChI is InChI=1S/C23H22O4.C10H10O2.C10H12.C9H8O2.C9H10O.4CH4/c1-23(2)21(25-12-6-9-16-7-4-3-5-8-16)14-18-13-17-10-11-22(24)26-19(17)15-20(18)27-23;11-8-10(12)7-6-9-4-2-1-3-5-9;1-2-3-7-10-8-5-4-6-9-10;10-9(11)7-6-8-4-2-1-3-5-8;10-8-4-7-9-5-2-1-3-6-9;;;;/h3-11,13,15,21H,12,14H2,1-2H3;1-7,11H,8H2;3-9H,2H2,1H3;1-7H,(H,10,11);1-7,10H,8H2;4*1H4/b9-6+;7-6+;7-3+;7-6+;7-4+;;;;/t21-;;;;;;;;/m0......../s1. The van der Waals surface area contributed by atoms with E-state index in [4.69, 9.17) is 29.2 Å². The molecule has 9 nitrogen and oxygen atoms in total. The Morgan fingerprint density at radius 2 is 1.03 bits per heavy atom. The average Bonchev–Trinajstić information content (AvgIpc) is 3.39. The number of carboxylic acids is 1. The van der Waals surface area contributed by atoms with Crippen molar-refractivity contribution in [3.05, 3.63) is 250 Å². The van der Waals surface area contributed by atoms with Crippen molar-refractivity contribution in [2.75, 3.05) is 19.8 Å². The van der Waals surface area contributed by atoms with E-state index in [-0.39, 0.29) is 53.8 Å². The molecular formula is C65H78O9. The van der Waals surface area contributed by atoms with Gasteiger partial charge in [-0.25, -0.2) is 9.59 Å². The lowest BCUT2D eigenvalue weighted by Crippen LogP contribution is -2.48. The van der Waals surface area contributed by atoms with Gasteiger partial charge in [-0.2, -0.15) is 0 Å². The molecule has 0 saturated heterocycles. The Hall–Kier alpha value is -7.95. The first-order chi connectivity index (χ1) is 34.0. The number of hydrogen-bond donors (Lipinski definition) is 3. The van der Waals surface area contributed by atoms with Gasteiger partial charge in [0.2, 0.25) is 0 Å². The quantitative estimate of drug-likeness (QED) is 0.0760. The van der Waals surface area contributed by atoms with Crippen molar-refractivity contribution in [2.45, 2.75) is 75.0 Å². The van der Waals surface area contributed by atoms with E-state index in [1.54, 1.807) is 30.4 Å². The van der Waals surface area contributed by atoms with Gasteiger partial charge in [-0.05, 0) is 77.9 Å². The Morgan fingerprint density at radius 1 is 0.595 bits per heavy atom. The third-order valence-electron chi connectivity index (χ3n) is 10.1. The molecular weight excluding hydrogens is 925 g/mol. The maximum absolute atomic E-state index is 11.4. The topological polar surface area (TPSA) is 144 Å². The molecule has 0 fully saturated rings. The van der Waals surface area contributed by atoms with Crippen molar-refractivity contribution in [3.63, 3.8) is 0 Å². The van der Waals surface area contributed by atoms with E-state index in [1.165, 1.54) is 17.7 Å². The maximum Gasteiger partial charge on any atom is 0.336 e. The minimum Gasteiger partial charge on any atom is -0.485 e. The van der Waals surface area contributed by atoms with Gasteiger partial charge in [0.15, 0.2) is 5.78 Å². The minimum absolute atomic E-state index is 0. The van der Waals surface area contributed by atoms with E-state index in [0.29, 0.717) is 12.2 Å². The van der Waals surface area contributed by atoms with E-state index in [1.807, 2.05) is 147 Å². The number of carbonyl (C=O) groups is 2. The van der Waals surface area contributed by atoms with Crippen LogP contribution in [0.5, 0.6) is 5.75 Å². The van der Waals surface area contributed by atoms with Crippen molar-refractivity contribution in [1.29, 1.82) is 0 Å². The van der Waals surface area contributed by atoms with Gasteiger partial charge < -0.3 is 29.2 Å². The molecule has 7 aromatic rings. The molecule has 0 aliphatic carbocycles. The van der Waals surface area contributed by atoms with Gasteiger partial charge in [-0.1, -0.05) is 231 Å². The third kappa shape index (κ3) is 26.0. The van der Waals surface area contributed by atoms with Crippen molar-refractivity contribution >= 4 is 53.1 Å². The number of aliphatic hydroxyl groups excluding tert-OH is 2. The molecule has 392 valence electrons. The molecule has 0 radical (unpaired) electrons. The van der Waals surface area contributed by atoms with E-state index >= 15 is 0 Å². The maximum atomic E-state index is 11.4. The van der Waals surface area contributed by atoms with Crippen molar-refractivity contribution in [3.8, 4) is 5.75 Å². The zero-order valence-corrected chi connectivity index (χ0v) is 39.9. The summed E-state index contributed by atoms with van der Waals surface area (Å²) in [4.78, 5) is 32.2. The summed E-state index contributed by atoms with van der Waals surface area (Å²) in [6.07, 6.45) is 19.5. The highest BCUT2D eigenvalue weighted by atomic mass is 16.6. The fraction of sp³-hybridized carbons (Fsp3) is 0.215. The highest BCUT2D eigenvalue weighted by Gasteiger charge is 2.38. The molecule has 0 bridgehead atoms. The second kappa shape index (κ2) is 37.8. The normalized spacial score (nSPS) is 12.7. The van der Waals surface area contributed by atoms with Crippen molar-refractivity contribution in [2.24, 2.45) is 0 Å². The number of fused-ring (bicyclic) bond motifs is 2. The van der Waals surface area contributed by atoms with Crippen LogP contribution in [-0.4, -0.2) is 58.6 Å². The smallest absolute Gasteiger partial charge is 0.336 e. The Labute approximate surface area is 440 Å². The molecule has 3 N–H and O–H groups in total. The molecule has 0 spiro atoms. The highest BCUT2D eigenvalue weighted by Crippen LogP contribution is 2.37. The second-order valence-electron chi connectivity index (χ2n) is 16.0. The summed E-state index contributed by atoms with van der Waals surface area (Å²) in [6, 6.07) is 56.2. The predicted octanol–water partition coefficient (Wildman–Crippen LogP) is 15.0. The van der Waals surface area contributed by atoms with Crippen LogP contribution in [0.3, 0.4) is 0 Å². The fourth-order valence-corrected chi connectivity index (χ4v) is 6.48. The van der Waals surface area contributed by atoms with Gasteiger partial charge in [0, 0.05) is 30.0 Å². The van der Waals surface area contributed by atoms with Gasteiger partial charge >= 0.3 is 11.6 Å². The van der Waals surface area contributed by atoms with Crippen LogP contribution in [0.4, 0.5) is 0 Å². The number of allylic oxidation sites excluding steroid dienone is 1. The largest absolute Gasteiger partial charge is 0.485 e. The van der Waals surface area contributed by atoms with E-state index in [2.05, 4.69) is 61.5 Å². The highest BCUT2D eigenvalue weighted by molar-refractivity contribution is 5.94. The summed E-state index contributed by atoms with van der Waals surface area (Å²) in [5.41, 5.74) is 6.18. The summed E-state index contributed by atoms with van der Waals surface area (Å²) in [7, 11) is 0. The summed E-state index contributed by atoms with van der Waals surface area (Å²) in [5, 5.41) is 26.0. The number of aliphatic hydroxyl groups is 2. The number of aliphatic carboxylic acids is 1. The number of hydrogen-bond acceptors (Lipinski definition) is 8. The third-order valence-corrected chi connectivity index (χ3v) is 10.1. The van der Waals surface area contributed by atoms with Crippen LogP contribution >= 0.6 is 0 Å². The SMILES string of the molecule is C.C.C.C.CC/C=C/c1ccccc1.CC1(C)Oc2cc3oc(=O)ccc3cc2C[C@@H]1OC/C=C/c1ccccc1.O=C(/C=C/c1ccccc1)CO.O=C(O)/C=C/c1ccccc1.OC/C=C/c1ccccc1. The Balaban J connectivity index is 0.000000963. The van der Waals surface area contributed by atoms with Crippen LogP contribution in [0.15, 0.2) is 216 Å². The van der Waals surface area contributed by atoms with Crippen LogP contribution in [0, 0.1) is 0 Å². The number of rotatable bonds is 13. The molecule has 9 heteroatoms. The molecule has 1 atom stereocenters. The van der Waals surface area contributed by atoms with Crippen LogP contribution in [0.1, 0.15) is 90.3 Å². The van der Waals surface area contributed by atoms with Gasteiger partial charge in [-0.15, -0.1) is 0 Å². The lowest BCUT2D eigenvalue weighted by molar-refractivity contribution is -0.131. The van der Waals surface area contributed by atoms with Crippen molar-refractivity contribution in [1.82, 2.24) is 0 Å². The molecule has 1 aliphatic heterocycles. The monoisotopic (exact) mass is 1000 g/mol. The Morgan fingerprint density at radius 3 is 1.46 bits per heavy atom. The van der Waals surface area contributed by atoms with E-state index in [9.17, 15) is 14.4 Å². The lowest BCUT2D eigenvalue weighted by Gasteiger charge is -2.39. The van der Waals surface area contributed by atoms with Gasteiger partial charge in [0.25, 0.3) is 0 Å². The molecule has 0 amide bonds. The Kier molecular flexibility index (Phi) is 33.7. The van der Waals surface area contributed by atoms with Crippen LogP contribution in [-0.2, 0) is 20.7 Å². The number of benzene rings is 6. The average molecular weight is 1000 g/mol. The number of carbonyl (C=O) groups excluding carboxylic acids is 1. The molecule has 8 rings (SSSR count). The summed E-state index contributed by atoms with van der Waals surface area (Å²) >= 11 is 0. The van der Waals surface area contributed by atoms with Crippen LogP contribution < -0.4 is 10.4 Å². The molecule has 74 heavy (non-hydrogen) atoms. The van der Waals surface area contributed by atoms with Gasteiger partial charge in [0.1, 0.15) is 29.6 Å². The number of ketones is 1.